The largest absolute Gasteiger partial charge is 0.444 e. The first-order valence-corrected chi connectivity index (χ1v) is 6.80. The maximum atomic E-state index is 12.1. The number of nitrogens with zero attached hydrogens (tertiary/aromatic N) is 2. The Bertz CT molecular complexity index is 307. The topological polar surface area (TPSA) is 53.3 Å². The van der Waals surface area contributed by atoms with Gasteiger partial charge in [-0.3, -0.25) is 4.90 Å². The van der Waals surface area contributed by atoms with Gasteiger partial charge in [0.05, 0.1) is 6.07 Å². The zero-order chi connectivity index (χ0) is 13.6. The molecule has 0 aromatic carbocycles. The standard InChI is InChI=1S/C14H24N2O2/c1-14(2,3)18-13(17)16(11-10-15)12-8-6-4-5-7-9-12/h12H,4-9,11H2,1-3H3. The van der Waals surface area contributed by atoms with E-state index in [9.17, 15) is 4.79 Å². The molecule has 1 aliphatic rings. The average Bonchev–Trinajstić information content (AvgIpc) is 2.51. The van der Waals surface area contributed by atoms with Crippen LogP contribution in [0.2, 0.25) is 0 Å². The molecule has 0 bridgehead atoms. The van der Waals surface area contributed by atoms with E-state index < -0.39 is 5.60 Å². The molecule has 0 aromatic heterocycles. The number of hydrogen-bond donors (Lipinski definition) is 0. The summed E-state index contributed by atoms with van der Waals surface area (Å²) >= 11 is 0. The van der Waals surface area contributed by atoms with Crippen LogP contribution in [0.5, 0.6) is 0 Å². The third-order valence-corrected chi connectivity index (χ3v) is 3.13. The van der Waals surface area contributed by atoms with Crippen LogP contribution >= 0.6 is 0 Å². The van der Waals surface area contributed by atoms with Crippen molar-refractivity contribution in [2.24, 2.45) is 0 Å². The molecular weight excluding hydrogens is 228 g/mol. The molecule has 0 saturated heterocycles. The van der Waals surface area contributed by atoms with Gasteiger partial charge < -0.3 is 4.74 Å². The van der Waals surface area contributed by atoms with E-state index in [4.69, 9.17) is 10.00 Å². The summed E-state index contributed by atoms with van der Waals surface area (Å²) in [6.07, 6.45) is 6.35. The SMILES string of the molecule is CC(C)(C)OC(=O)N(CC#N)C1CCCCCC1. The Kier molecular flexibility index (Phi) is 5.46. The summed E-state index contributed by atoms with van der Waals surface area (Å²) in [7, 11) is 0. The Balaban J connectivity index is 2.68. The normalized spacial score (nSPS) is 17.7. The van der Waals surface area contributed by atoms with Crippen molar-refractivity contribution in [3.05, 3.63) is 0 Å². The van der Waals surface area contributed by atoms with E-state index >= 15 is 0 Å². The maximum Gasteiger partial charge on any atom is 0.411 e. The molecule has 0 spiro atoms. The predicted molar refractivity (Wildman–Crippen MR) is 70.0 cm³/mol. The number of nitriles is 1. The molecule has 1 aliphatic carbocycles. The van der Waals surface area contributed by atoms with E-state index in [1.165, 1.54) is 12.8 Å². The molecule has 0 aliphatic heterocycles. The first-order chi connectivity index (χ1) is 8.44. The Labute approximate surface area is 110 Å². The van der Waals surface area contributed by atoms with Crippen LogP contribution in [0.3, 0.4) is 0 Å². The zero-order valence-electron chi connectivity index (χ0n) is 11.7. The molecule has 18 heavy (non-hydrogen) atoms. The van der Waals surface area contributed by atoms with E-state index in [1.54, 1.807) is 4.90 Å². The highest BCUT2D eigenvalue weighted by Gasteiger charge is 2.28. The number of carbonyl (C=O) groups excluding carboxylic acids is 1. The fourth-order valence-electron chi connectivity index (χ4n) is 2.31. The fourth-order valence-corrected chi connectivity index (χ4v) is 2.31. The highest BCUT2D eigenvalue weighted by atomic mass is 16.6. The number of amides is 1. The van der Waals surface area contributed by atoms with Crippen LogP contribution in [0, 0.1) is 11.3 Å². The smallest absolute Gasteiger partial charge is 0.411 e. The molecule has 1 rings (SSSR count). The summed E-state index contributed by atoms with van der Waals surface area (Å²) in [5, 5.41) is 8.89. The second-order valence-corrected chi connectivity index (χ2v) is 5.91. The first-order valence-electron chi connectivity index (χ1n) is 6.80. The molecule has 0 unspecified atom stereocenters. The summed E-state index contributed by atoms with van der Waals surface area (Å²) in [6.45, 7) is 5.67. The predicted octanol–water partition coefficient (Wildman–Crippen LogP) is 3.47. The molecule has 102 valence electrons. The van der Waals surface area contributed by atoms with Gasteiger partial charge >= 0.3 is 6.09 Å². The average molecular weight is 252 g/mol. The summed E-state index contributed by atoms with van der Waals surface area (Å²) < 4.78 is 5.38. The van der Waals surface area contributed by atoms with Crippen molar-refractivity contribution in [3.8, 4) is 6.07 Å². The van der Waals surface area contributed by atoms with Crippen LogP contribution in [0.15, 0.2) is 0 Å². The molecule has 0 aromatic rings. The highest BCUT2D eigenvalue weighted by molar-refractivity contribution is 5.68. The van der Waals surface area contributed by atoms with Crippen molar-refractivity contribution in [2.75, 3.05) is 6.54 Å². The molecule has 0 heterocycles. The monoisotopic (exact) mass is 252 g/mol. The van der Waals surface area contributed by atoms with Crippen molar-refractivity contribution < 1.29 is 9.53 Å². The van der Waals surface area contributed by atoms with E-state index in [0.717, 1.165) is 25.7 Å². The molecule has 0 radical (unpaired) electrons. The maximum absolute atomic E-state index is 12.1. The summed E-state index contributed by atoms with van der Waals surface area (Å²) in [6, 6.07) is 2.25. The minimum absolute atomic E-state index is 0.125. The molecule has 1 fully saturated rings. The second-order valence-electron chi connectivity index (χ2n) is 5.91. The van der Waals surface area contributed by atoms with Crippen LogP contribution in [0.25, 0.3) is 0 Å². The number of carbonyl (C=O) groups is 1. The minimum atomic E-state index is -0.504. The zero-order valence-corrected chi connectivity index (χ0v) is 11.7. The van der Waals surface area contributed by atoms with Crippen molar-refractivity contribution in [1.82, 2.24) is 4.90 Å². The van der Waals surface area contributed by atoms with Gasteiger partial charge in [0.2, 0.25) is 0 Å². The quantitative estimate of drug-likeness (QED) is 0.558. The Morgan fingerprint density at radius 3 is 2.28 bits per heavy atom. The molecule has 1 saturated carbocycles. The highest BCUT2D eigenvalue weighted by Crippen LogP contribution is 2.23. The number of hydrogen-bond acceptors (Lipinski definition) is 3. The summed E-state index contributed by atoms with van der Waals surface area (Å²) in [5.74, 6) is 0. The lowest BCUT2D eigenvalue weighted by Crippen LogP contribution is -2.43. The Hall–Kier alpha value is -1.24. The van der Waals surface area contributed by atoms with Crippen LogP contribution in [0.1, 0.15) is 59.3 Å². The summed E-state index contributed by atoms with van der Waals surface area (Å²) in [4.78, 5) is 13.7. The van der Waals surface area contributed by atoms with Gasteiger partial charge in [-0.05, 0) is 33.6 Å². The number of ether oxygens (including phenoxy) is 1. The van der Waals surface area contributed by atoms with Crippen molar-refractivity contribution in [1.29, 1.82) is 5.26 Å². The lowest BCUT2D eigenvalue weighted by molar-refractivity contribution is 0.0177. The fraction of sp³-hybridized carbons (Fsp3) is 0.857. The van der Waals surface area contributed by atoms with Crippen LogP contribution in [0.4, 0.5) is 4.79 Å². The van der Waals surface area contributed by atoms with Gasteiger partial charge in [0.15, 0.2) is 0 Å². The van der Waals surface area contributed by atoms with Gasteiger partial charge in [0.1, 0.15) is 12.1 Å². The van der Waals surface area contributed by atoms with Gasteiger partial charge in [-0.25, -0.2) is 4.79 Å². The second kappa shape index (κ2) is 6.63. The lowest BCUT2D eigenvalue weighted by atomic mass is 10.1. The Morgan fingerprint density at radius 2 is 1.83 bits per heavy atom. The van der Waals surface area contributed by atoms with E-state index in [1.807, 2.05) is 20.8 Å². The van der Waals surface area contributed by atoms with Gasteiger partial charge in [0, 0.05) is 6.04 Å². The Morgan fingerprint density at radius 1 is 1.28 bits per heavy atom. The van der Waals surface area contributed by atoms with Gasteiger partial charge in [0.25, 0.3) is 0 Å². The molecule has 4 nitrogen and oxygen atoms in total. The minimum Gasteiger partial charge on any atom is -0.444 e. The van der Waals surface area contributed by atoms with Gasteiger partial charge in [-0.1, -0.05) is 25.7 Å². The van der Waals surface area contributed by atoms with Crippen LogP contribution in [-0.2, 0) is 4.74 Å². The van der Waals surface area contributed by atoms with Crippen LogP contribution in [-0.4, -0.2) is 29.2 Å². The number of rotatable bonds is 2. The van der Waals surface area contributed by atoms with Crippen LogP contribution < -0.4 is 0 Å². The third-order valence-electron chi connectivity index (χ3n) is 3.13. The molecule has 0 atom stereocenters. The van der Waals surface area contributed by atoms with Crippen molar-refractivity contribution >= 4 is 6.09 Å². The molecular formula is C14H24N2O2. The van der Waals surface area contributed by atoms with E-state index in [-0.39, 0.29) is 18.7 Å². The third kappa shape index (κ3) is 4.95. The molecule has 1 amide bonds. The van der Waals surface area contributed by atoms with Gasteiger partial charge in [-0.2, -0.15) is 5.26 Å². The first kappa shape index (κ1) is 14.8. The van der Waals surface area contributed by atoms with Crippen molar-refractivity contribution in [2.45, 2.75) is 70.9 Å². The van der Waals surface area contributed by atoms with Gasteiger partial charge in [-0.15, -0.1) is 0 Å². The molecule has 4 heteroatoms. The van der Waals surface area contributed by atoms with Crippen molar-refractivity contribution in [3.63, 3.8) is 0 Å². The van der Waals surface area contributed by atoms with E-state index in [0.29, 0.717) is 0 Å². The van der Waals surface area contributed by atoms with E-state index in [2.05, 4.69) is 6.07 Å². The lowest BCUT2D eigenvalue weighted by Gasteiger charge is -2.31. The summed E-state index contributed by atoms with van der Waals surface area (Å²) in [5.41, 5.74) is -0.504. The molecule has 0 N–H and O–H groups in total.